The highest BCUT2D eigenvalue weighted by Gasteiger charge is 2.42. The molecule has 1 aliphatic carbocycles. The molecule has 0 bridgehead atoms. The Labute approximate surface area is 188 Å². The van der Waals surface area contributed by atoms with Gasteiger partial charge in [0.1, 0.15) is 5.75 Å². The molecule has 0 radical (unpaired) electrons. The summed E-state index contributed by atoms with van der Waals surface area (Å²) in [6.45, 7) is 3.26. The average molecular weight is 438 g/mol. The number of ether oxygens (including phenoxy) is 1. The fourth-order valence-electron chi connectivity index (χ4n) is 5.07. The monoisotopic (exact) mass is 437 g/mol. The van der Waals surface area contributed by atoms with E-state index in [9.17, 15) is 14.8 Å². The van der Waals surface area contributed by atoms with E-state index in [1.807, 2.05) is 30.0 Å². The molecule has 0 unspecified atom stereocenters. The predicted molar refractivity (Wildman–Crippen MR) is 119 cm³/mol. The van der Waals surface area contributed by atoms with Crippen molar-refractivity contribution in [3.63, 3.8) is 0 Å². The van der Waals surface area contributed by atoms with Crippen LogP contribution in [0.3, 0.4) is 0 Å². The SMILES string of the molecule is Cc1ncccc1O[C@@H]1CC[C@H](C(=O)N2CCC(c3ccccc3)CC2)[C@@H](C(=O)NO)C1. The summed E-state index contributed by atoms with van der Waals surface area (Å²) in [6, 6.07) is 14.1. The number of amides is 2. The van der Waals surface area contributed by atoms with Crippen molar-refractivity contribution < 1.29 is 19.5 Å². The molecule has 1 saturated heterocycles. The molecule has 7 heteroatoms. The summed E-state index contributed by atoms with van der Waals surface area (Å²) in [5.41, 5.74) is 3.88. The van der Waals surface area contributed by atoms with Gasteiger partial charge in [-0.3, -0.25) is 19.8 Å². The fraction of sp³-hybridized carbons (Fsp3) is 0.480. The number of carbonyl (C=O) groups excluding carboxylic acids is 2. The molecule has 7 nitrogen and oxygen atoms in total. The van der Waals surface area contributed by atoms with Gasteiger partial charge in [0.25, 0.3) is 0 Å². The topological polar surface area (TPSA) is 91.8 Å². The van der Waals surface area contributed by atoms with Crippen LogP contribution >= 0.6 is 0 Å². The smallest absolute Gasteiger partial charge is 0.247 e. The van der Waals surface area contributed by atoms with Crippen molar-refractivity contribution in [1.82, 2.24) is 15.4 Å². The van der Waals surface area contributed by atoms with Crippen LogP contribution in [0.1, 0.15) is 49.3 Å². The van der Waals surface area contributed by atoms with E-state index in [-0.39, 0.29) is 12.0 Å². The number of rotatable bonds is 5. The van der Waals surface area contributed by atoms with Crippen molar-refractivity contribution in [2.24, 2.45) is 11.8 Å². The lowest BCUT2D eigenvalue weighted by Gasteiger charge is -2.39. The van der Waals surface area contributed by atoms with Crippen LogP contribution in [0, 0.1) is 18.8 Å². The van der Waals surface area contributed by atoms with Gasteiger partial charge in [0, 0.05) is 19.3 Å². The fourth-order valence-corrected chi connectivity index (χ4v) is 5.07. The number of nitrogens with zero attached hydrogens (tertiary/aromatic N) is 2. The summed E-state index contributed by atoms with van der Waals surface area (Å²) in [5, 5.41) is 9.30. The number of carbonyl (C=O) groups is 2. The second kappa shape index (κ2) is 10.1. The van der Waals surface area contributed by atoms with E-state index in [1.165, 1.54) is 5.56 Å². The normalized spacial score (nSPS) is 24.1. The molecule has 1 aromatic heterocycles. The molecule has 3 atom stereocenters. The largest absolute Gasteiger partial charge is 0.489 e. The van der Waals surface area contributed by atoms with Gasteiger partial charge in [-0.2, -0.15) is 0 Å². The Morgan fingerprint density at radius 1 is 1.03 bits per heavy atom. The average Bonchev–Trinajstić information content (AvgIpc) is 2.85. The van der Waals surface area contributed by atoms with Crippen LogP contribution in [0.15, 0.2) is 48.7 Å². The van der Waals surface area contributed by atoms with Crippen LogP contribution in [-0.2, 0) is 9.59 Å². The van der Waals surface area contributed by atoms with Gasteiger partial charge in [0.15, 0.2) is 0 Å². The lowest BCUT2D eigenvalue weighted by molar-refractivity contribution is -0.149. The van der Waals surface area contributed by atoms with Gasteiger partial charge in [-0.1, -0.05) is 30.3 Å². The number of aryl methyl sites for hydroxylation is 1. The lowest BCUT2D eigenvalue weighted by Crippen LogP contribution is -2.49. The van der Waals surface area contributed by atoms with Crippen LogP contribution in [-0.4, -0.2) is 46.1 Å². The van der Waals surface area contributed by atoms with Crippen molar-refractivity contribution in [1.29, 1.82) is 0 Å². The Morgan fingerprint density at radius 3 is 2.47 bits per heavy atom. The van der Waals surface area contributed by atoms with Crippen molar-refractivity contribution in [3.05, 3.63) is 59.9 Å². The van der Waals surface area contributed by atoms with E-state index in [0.717, 1.165) is 18.5 Å². The first-order valence-electron chi connectivity index (χ1n) is 11.4. The quantitative estimate of drug-likeness (QED) is 0.552. The maximum absolute atomic E-state index is 13.4. The molecule has 2 aliphatic rings. The summed E-state index contributed by atoms with van der Waals surface area (Å²) in [7, 11) is 0. The van der Waals surface area contributed by atoms with Crippen molar-refractivity contribution >= 4 is 11.8 Å². The molecule has 2 aromatic rings. The molecule has 32 heavy (non-hydrogen) atoms. The lowest BCUT2D eigenvalue weighted by atomic mass is 9.76. The number of nitrogens with one attached hydrogen (secondary N) is 1. The minimum absolute atomic E-state index is 0.0149. The second-order valence-electron chi connectivity index (χ2n) is 8.84. The van der Waals surface area contributed by atoms with Gasteiger partial charge in [0.05, 0.1) is 23.6 Å². The molecular formula is C25H31N3O4. The summed E-state index contributed by atoms with van der Waals surface area (Å²) >= 11 is 0. The molecule has 170 valence electrons. The zero-order chi connectivity index (χ0) is 22.5. The summed E-state index contributed by atoms with van der Waals surface area (Å²) in [6.07, 6.45) is 4.97. The van der Waals surface area contributed by atoms with Gasteiger partial charge in [-0.05, 0) is 62.6 Å². The molecule has 2 amide bonds. The summed E-state index contributed by atoms with van der Waals surface area (Å²) in [5.74, 6) is -0.405. The third-order valence-corrected chi connectivity index (χ3v) is 6.90. The van der Waals surface area contributed by atoms with Crippen LogP contribution in [0.25, 0.3) is 0 Å². The molecule has 4 rings (SSSR count). The van der Waals surface area contributed by atoms with Gasteiger partial charge >= 0.3 is 0 Å². The number of hydrogen-bond donors (Lipinski definition) is 2. The molecule has 1 aromatic carbocycles. The first kappa shape index (κ1) is 22.3. The Kier molecular flexibility index (Phi) is 7.05. The Morgan fingerprint density at radius 2 is 1.78 bits per heavy atom. The Balaban J connectivity index is 1.39. The number of benzene rings is 1. The van der Waals surface area contributed by atoms with E-state index in [4.69, 9.17) is 4.74 Å². The van der Waals surface area contributed by atoms with E-state index >= 15 is 0 Å². The molecule has 2 heterocycles. The van der Waals surface area contributed by atoms with Crippen molar-refractivity contribution in [2.45, 2.75) is 51.0 Å². The number of pyridine rings is 1. The first-order chi connectivity index (χ1) is 15.6. The van der Waals surface area contributed by atoms with Crippen LogP contribution in [0.4, 0.5) is 0 Å². The molecule has 0 spiro atoms. The molecule has 2 fully saturated rings. The maximum atomic E-state index is 13.4. The Bertz CT molecular complexity index is 928. The van der Waals surface area contributed by atoms with Crippen LogP contribution in [0.2, 0.25) is 0 Å². The summed E-state index contributed by atoms with van der Waals surface area (Å²) in [4.78, 5) is 32.0. The van der Waals surface area contributed by atoms with Gasteiger partial charge in [0.2, 0.25) is 11.8 Å². The molecule has 2 N–H and O–H groups in total. The van der Waals surface area contributed by atoms with Gasteiger partial charge < -0.3 is 9.64 Å². The highest BCUT2D eigenvalue weighted by atomic mass is 16.5. The van der Waals surface area contributed by atoms with E-state index in [0.29, 0.717) is 44.0 Å². The van der Waals surface area contributed by atoms with E-state index < -0.39 is 17.7 Å². The van der Waals surface area contributed by atoms with Crippen molar-refractivity contribution in [3.8, 4) is 5.75 Å². The molecular weight excluding hydrogens is 406 g/mol. The number of piperidine rings is 1. The third-order valence-electron chi connectivity index (χ3n) is 6.90. The zero-order valence-electron chi connectivity index (χ0n) is 18.4. The standard InChI is InChI=1S/C25H31N3O4/c1-17-23(8-5-13-26-17)32-20-9-10-21(22(16-20)24(29)27-31)25(30)28-14-11-19(12-15-28)18-6-3-2-4-7-18/h2-8,13,19-22,31H,9-12,14-16H2,1H3,(H,27,29)/t20-,21+,22+/m1/s1. The minimum Gasteiger partial charge on any atom is -0.489 e. The highest BCUT2D eigenvalue weighted by Crippen LogP contribution is 2.36. The summed E-state index contributed by atoms with van der Waals surface area (Å²) < 4.78 is 6.10. The zero-order valence-corrected chi connectivity index (χ0v) is 18.4. The first-order valence-corrected chi connectivity index (χ1v) is 11.4. The highest BCUT2D eigenvalue weighted by molar-refractivity contribution is 5.87. The third kappa shape index (κ3) is 4.93. The molecule has 1 aliphatic heterocycles. The van der Waals surface area contributed by atoms with E-state index in [2.05, 4.69) is 29.2 Å². The van der Waals surface area contributed by atoms with Gasteiger partial charge in [-0.15, -0.1) is 0 Å². The van der Waals surface area contributed by atoms with Crippen LogP contribution in [0.5, 0.6) is 5.75 Å². The van der Waals surface area contributed by atoms with Crippen molar-refractivity contribution in [2.75, 3.05) is 13.1 Å². The minimum atomic E-state index is -0.616. The number of likely N-dealkylation sites (tertiary alicyclic amines) is 1. The number of hydrogen-bond acceptors (Lipinski definition) is 5. The molecule has 1 saturated carbocycles. The number of aromatic nitrogens is 1. The number of hydroxylamine groups is 1. The maximum Gasteiger partial charge on any atom is 0.247 e. The predicted octanol–water partition coefficient (Wildman–Crippen LogP) is 3.47. The van der Waals surface area contributed by atoms with Crippen LogP contribution < -0.4 is 10.2 Å². The second-order valence-corrected chi connectivity index (χ2v) is 8.84. The van der Waals surface area contributed by atoms with Gasteiger partial charge in [-0.25, -0.2) is 5.48 Å². The van der Waals surface area contributed by atoms with E-state index in [1.54, 1.807) is 11.7 Å². The Hall–Kier alpha value is -2.93.